The minimum Gasteiger partial charge on any atom is -0.352 e. The van der Waals surface area contributed by atoms with Gasteiger partial charge in [-0.3, -0.25) is 9.69 Å². The Hall–Kier alpha value is -3.03. The lowest BCUT2D eigenvalue weighted by molar-refractivity contribution is -0.120. The Kier molecular flexibility index (Phi) is 6.13. The molecule has 7 heteroatoms. The van der Waals surface area contributed by atoms with Gasteiger partial charge >= 0.3 is 0 Å². The fourth-order valence-electron chi connectivity index (χ4n) is 5.73. The van der Waals surface area contributed by atoms with Gasteiger partial charge in [0.1, 0.15) is 22.3 Å². The highest BCUT2D eigenvalue weighted by atomic mass is 32.2. The van der Waals surface area contributed by atoms with Crippen molar-refractivity contribution >= 4 is 34.8 Å². The van der Waals surface area contributed by atoms with Crippen LogP contribution >= 0.6 is 11.8 Å². The van der Waals surface area contributed by atoms with Gasteiger partial charge in [0.2, 0.25) is 0 Å². The van der Waals surface area contributed by atoms with E-state index in [-0.39, 0.29) is 22.5 Å². The van der Waals surface area contributed by atoms with E-state index in [0.29, 0.717) is 6.42 Å². The van der Waals surface area contributed by atoms with E-state index < -0.39 is 0 Å². The Morgan fingerprint density at radius 1 is 0.889 bits per heavy atom. The van der Waals surface area contributed by atoms with Gasteiger partial charge in [0.15, 0.2) is 11.6 Å². The zero-order chi connectivity index (χ0) is 24.7. The zero-order valence-electron chi connectivity index (χ0n) is 20.8. The first kappa shape index (κ1) is 23.4. The maximum Gasteiger partial charge on any atom is 0.159 e. The number of carbonyl (C=O) groups is 1. The molecule has 0 radical (unpaired) electrons. The molecule has 6 rings (SSSR count). The van der Waals surface area contributed by atoms with Gasteiger partial charge in [-0.2, -0.15) is 0 Å². The van der Waals surface area contributed by atoms with Gasteiger partial charge in [-0.25, -0.2) is 15.0 Å². The molecule has 0 bridgehead atoms. The van der Waals surface area contributed by atoms with Crippen molar-refractivity contribution in [3.63, 3.8) is 0 Å². The molecular weight excluding hydrogens is 466 g/mol. The van der Waals surface area contributed by atoms with E-state index in [4.69, 9.17) is 4.99 Å². The Bertz CT molecular complexity index is 1250. The minimum absolute atomic E-state index is 0.0458. The van der Waals surface area contributed by atoms with Crippen LogP contribution in [0.1, 0.15) is 43.9 Å². The quantitative estimate of drug-likeness (QED) is 0.455. The number of thioether (sulfide) groups is 1. The topological polar surface area (TPSA) is 61.7 Å². The molecule has 0 amide bonds. The van der Waals surface area contributed by atoms with Gasteiger partial charge in [0, 0.05) is 38.3 Å². The summed E-state index contributed by atoms with van der Waals surface area (Å²) in [7, 11) is 0. The third-order valence-electron chi connectivity index (χ3n) is 7.37. The number of aliphatic imine (C=N–C) groups is 1. The largest absolute Gasteiger partial charge is 0.352 e. The summed E-state index contributed by atoms with van der Waals surface area (Å²) in [5.74, 6) is 1.16. The number of hydrogen-bond donors (Lipinski definition) is 0. The number of anilines is 1. The number of hydrogen-bond acceptors (Lipinski definition) is 7. The summed E-state index contributed by atoms with van der Waals surface area (Å²) in [6, 6.07) is 21.8. The molecule has 1 saturated heterocycles. The molecule has 1 aliphatic carbocycles. The Labute approximate surface area is 216 Å². The van der Waals surface area contributed by atoms with E-state index in [1.54, 1.807) is 18.1 Å². The molecule has 184 valence electrons. The van der Waals surface area contributed by atoms with E-state index in [0.717, 1.165) is 54.8 Å². The number of ketones is 1. The lowest BCUT2D eigenvalue weighted by atomic mass is 9.75. The monoisotopic (exact) mass is 497 g/mol. The van der Waals surface area contributed by atoms with Crippen molar-refractivity contribution in [2.24, 2.45) is 10.4 Å². The predicted molar refractivity (Wildman–Crippen MR) is 145 cm³/mol. The first-order valence-electron chi connectivity index (χ1n) is 12.7. The SMILES string of the molecule is CC1(C)CC(=O)C2Sc3ncnc(N4CCN(C(c5ccccc5)c5ccccc5)CC4)c3N=C2C1. The first-order chi connectivity index (χ1) is 17.5. The molecule has 6 nitrogen and oxygen atoms in total. The number of nitrogens with zero attached hydrogens (tertiary/aromatic N) is 5. The lowest BCUT2D eigenvalue weighted by Gasteiger charge is -2.41. The number of rotatable bonds is 4. The van der Waals surface area contributed by atoms with E-state index in [1.807, 2.05) is 0 Å². The van der Waals surface area contributed by atoms with Crippen LogP contribution in [0, 0.1) is 5.41 Å². The predicted octanol–water partition coefficient (Wildman–Crippen LogP) is 5.32. The van der Waals surface area contributed by atoms with Crippen molar-refractivity contribution in [2.45, 2.75) is 43.0 Å². The molecule has 2 aliphatic heterocycles. The average molecular weight is 498 g/mol. The molecule has 1 atom stereocenters. The van der Waals surface area contributed by atoms with E-state index in [2.05, 4.69) is 94.3 Å². The highest BCUT2D eigenvalue weighted by Gasteiger charge is 2.42. The summed E-state index contributed by atoms with van der Waals surface area (Å²) >= 11 is 1.56. The first-order valence-corrected chi connectivity index (χ1v) is 13.6. The van der Waals surface area contributed by atoms with Crippen molar-refractivity contribution in [3.8, 4) is 0 Å². The third-order valence-corrected chi connectivity index (χ3v) is 8.66. The van der Waals surface area contributed by atoms with Crippen LogP contribution < -0.4 is 4.90 Å². The number of fused-ring (bicyclic) bond motifs is 2. The minimum atomic E-state index is -0.192. The van der Waals surface area contributed by atoms with Crippen molar-refractivity contribution in [1.82, 2.24) is 14.9 Å². The molecule has 0 N–H and O–H groups in total. The van der Waals surface area contributed by atoms with Crippen molar-refractivity contribution in [1.29, 1.82) is 0 Å². The van der Waals surface area contributed by atoms with E-state index in [1.165, 1.54) is 11.1 Å². The van der Waals surface area contributed by atoms with Crippen LogP contribution in [0.5, 0.6) is 0 Å². The fourth-order valence-corrected chi connectivity index (χ4v) is 6.80. The number of aromatic nitrogens is 2. The standard InChI is InChI=1S/C29H31N5OS/c1-29(2)17-22-26(23(35)18-29)36-28-24(32-22)27(30-19-31-28)34-15-13-33(14-16-34)25(20-9-5-3-6-10-20)21-11-7-4-8-12-21/h3-12,19,25-26H,13-18H2,1-2H3. The smallest absolute Gasteiger partial charge is 0.159 e. The fraction of sp³-hybridized carbons (Fsp3) is 0.379. The highest BCUT2D eigenvalue weighted by molar-refractivity contribution is 8.01. The van der Waals surface area contributed by atoms with Crippen LogP contribution in [-0.4, -0.2) is 57.8 Å². The van der Waals surface area contributed by atoms with Gasteiger partial charge in [-0.05, 0) is 23.0 Å². The van der Waals surface area contributed by atoms with Gasteiger partial charge in [-0.15, -0.1) is 0 Å². The van der Waals surface area contributed by atoms with Crippen molar-refractivity contribution < 1.29 is 4.79 Å². The van der Waals surface area contributed by atoms with Crippen LogP contribution in [-0.2, 0) is 4.79 Å². The van der Waals surface area contributed by atoms with Crippen LogP contribution in [0.3, 0.4) is 0 Å². The second-order valence-electron chi connectivity index (χ2n) is 10.7. The van der Waals surface area contributed by atoms with Gasteiger partial charge in [-0.1, -0.05) is 86.3 Å². The summed E-state index contributed by atoms with van der Waals surface area (Å²) in [4.78, 5) is 31.9. The van der Waals surface area contributed by atoms with E-state index >= 15 is 0 Å². The summed E-state index contributed by atoms with van der Waals surface area (Å²) in [5, 5.41) is 0.637. The molecule has 36 heavy (non-hydrogen) atoms. The van der Waals surface area contributed by atoms with Crippen LogP contribution in [0.15, 0.2) is 77.0 Å². The molecule has 3 heterocycles. The van der Waals surface area contributed by atoms with Gasteiger partial charge in [0.05, 0.1) is 6.04 Å². The highest BCUT2D eigenvalue weighted by Crippen LogP contribution is 2.47. The number of carbonyl (C=O) groups excluding carboxylic acids is 1. The molecule has 1 saturated carbocycles. The maximum atomic E-state index is 12.8. The summed E-state index contributed by atoms with van der Waals surface area (Å²) in [5.41, 5.74) is 4.41. The third kappa shape index (κ3) is 4.46. The van der Waals surface area contributed by atoms with Gasteiger partial charge in [0.25, 0.3) is 0 Å². The molecule has 1 unspecified atom stereocenters. The Balaban J connectivity index is 1.25. The molecule has 3 aromatic rings. The van der Waals surface area contributed by atoms with Crippen LogP contribution in [0.2, 0.25) is 0 Å². The molecule has 2 aromatic carbocycles. The number of benzene rings is 2. The Morgan fingerprint density at radius 2 is 1.53 bits per heavy atom. The zero-order valence-corrected chi connectivity index (χ0v) is 21.6. The Morgan fingerprint density at radius 3 is 2.17 bits per heavy atom. The number of piperazine rings is 1. The summed E-state index contributed by atoms with van der Waals surface area (Å²) < 4.78 is 0. The van der Waals surface area contributed by atoms with Crippen molar-refractivity contribution in [3.05, 3.63) is 78.1 Å². The second kappa shape index (κ2) is 9.45. The maximum absolute atomic E-state index is 12.8. The van der Waals surface area contributed by atoms with Crippen molar-refractivity contribution in [2.75, 3.05) is 31.1 Å². The molecule has 2 fully saturated rings. The molecule has 1 aromatic heterocycles. The molecular formula is C29H31N5OS. The van der Waals surface area contributed by atoms with Crippen LogP contribution in [0.4, 0.5) is 11.5 Å². The number of Topliss-reactive ketones (excluding diaryl/α,β-unsaturated/α-hetero) is 1. The summed E-state index contributed by atoms with van der Waals surface area (Å²) in [6.07, 6.45) is 3.07. The normalized spacial score (nSPS) is 21.6. The lowest BCUT2D eigenvalue weighted by Crippen LogP contribution is -2.48. The molecule has 3 aliphatic rings. The van der Waals surface area contributed by atoms with Crippen LogP contribution in [0.25, 0.3) is 0 Å². The molecule has 0 spiro atoms. The summed E-state index contributed by atoms with van der Waals surface area (Å²) in [6.45, 7) is 7.88. The van der Waals surface area contributed by atoms with E-state index in [9.17, 15) is 4.79 Å². The van der Waals surface area contributed by atoms with Gasteiger partial charge < -0.3 is 4.90 Å². The second-order valence-corrected chi connectivity index (χ2v) is 11.8. The average Bonchev–Trinajstić information content (AvgIpc) is 2.89.